The second-order valence-electron chi connectivity index (χ2n) is 4.25. The van der Waals surface area contributed by atoms with Crippen LogP contribution in [-0.2, 0) is 4.79 Å². The maximum absolute atomic E-state index is 11.6. The van der Waals surface area contributed by atoms with Gasteiger partial charge in [-0.25, -0.2) is 0 Å². The predicted molar refractivity (Wildman–Crippen MR) is 66.8 cm³/mol. The van der Waals surface area contributed by atoms with Crippen molar-refractivity contribution in [3.05, 3.63) is 28.2 Å². The molecular formula is C13H15BrO2. The van der Waals surface area contributed by atoms with Crippen LogP contribution in [0.4, 0.5) is 0 Å². The summed E-state index contributed by atoms with van der Waals surface area (Å²) >= 11 is 3.46. The van der Waals surface area contributed by atoms with Crippen molar-refractivity contribution < 1.29 is 9.53 Å². The van der Waals surface area contributed by atoms with Crippen LogP contribution in [0.1, 0.15) is 31.2 Å². The quantitative estimate of drug-likeness (QED) is 0.828. The first-order valence-electron chi connectivity index (χ1n) is 5.62. The number of hydrogen-bond donors (Lipinski definition) is 0. The molecule has 0 saturated heterocycles. The zero-order valence-corrected chi connectivity index (χ0v) is 10.9. The van der Waals surface area contributed by atoms with E-state index in [-0.39, 0.29) is 11.9 Å². The van der Waals surface area contributed by atoms with Gasteiger partial charge < -0.3 is 4.74 Å². The zero-order valence-electron chi connectivity index (χ0n) is 9.33. The Kier molecular flexibility index (Phi) is 3.64. The Morgan fingerprint density at radius 3 is 2.88 bits per heavy atom. The number of carbonyl (C=O) groups excluding carboxylic acids is 1. The van der Waals surface area contributed by atoms with Crippen LogP contribution in [0, 0.1) is 6.92 Å². The minimum Gasteiger partial charge on any atom is -0.481 e. The number of halogens is 1. The summed E-state index contributed by atoms with van der Waals surface area (Å²) < 4.78 is 6.68. The number of hydrogen-bond acceptors (Lipinski definition) is 2. The Balaban J connectivity index is 2.10. The van der Waals surface area contributed by atoms with Gasteiger partial charge in [-0.3, -0.25) is 4.79 Å². The van der Waals surface area contributed by atoms with E-state index in [1.807, 2.05) is 25.1 Å². The highest BCUT2D eigenvalue weighted by Gasteiger charge is 2.24. The van der Waals surface area contributed by atoms with Crippen molar-refractivity contribution in [1.82, 2.24) is 0 Å². The van der Waals surface area contributed by atoms with Gasteiger partial charge in [0.15, 0.2) is 11.9 Å². The largest absolute Gasteiger partial charge is 0.481 e. The van der Waals surface area contributed by atoms with Crippen LogP contribution in [0.3, 0.4) is 0 Å². The lowest BCUT2D eigenvalue weighted by Crippen LogP contribution is -2.30. The van der Waals surface area contributed by atoms with Gasteiger partial charge in [0.25, 0.3) is 0 Å². The van der Waals surface area contributed by atoms with E-state index in [0.29, 0.717) is 6.42 Å². The molecular weight excluding hydrogens is 268 g/mol. The molecule has 0 aromatic heterocycles. The SMILES string of the molecule is Cc1ccc(OC2CCCCC2=O)c(Br)c1. The Hall–Kier alpha value is -0.830. The average molecular weight is 283 g/mol. The highest BCUT2D eigenvalue weighted by atomic mass is 79.9. The Morgan fingerprint density at radius 1 is 1.38 bits per heavy atom. The molecule has 0 spiro atoms. The van der Waals surface area contributed by atoms with Gasteiger partial charge in [-0.15, -0.1) is 0 Å². The third-order valence-electron chi connectivity index (χ3n) is 2.86. The van der Waals surface area contributed by atoms with E-state index in [9.17, 15) is 4.79 Å². The van der Waals surface area contributed by atoms with Gasteiger partial charge >= 0.3 is 0 Å². The topological polar surface area (TPSA) is 26.3 Å². The van der Waals surface area contributed by atoms with Crippen LogP contribution in [-0.4, -0.2) is 11.9 Å². The van der Waals surface area contributed by atoms with Gasteiger partial charge in [-0.2, -0.15) is 0 Å². The van der Waals surface area contributed by atoms with E-state index in [1.54, 1.807) is 0 Å². The maximum atomic E-state index is 11.6. The lowest BCUT2D eigenvalue weighted by molar-refractivity contribution is -0.127. The highest BCUT2D eigenvalue weighted by molar-refractivity contribution is 9.10. The van der Waals surface area contributed by atoms with Gasteiger partial charge in [0.2, 0.25) is 0 Å². The lowest BCUT2D eigenvalue weighted by Gasteiger charge is -2.22. The van der Waals surface area contributed by atoms with E-state index in [4.69, 9.17) is 4.74 Å². The fourth-order valence-electron chi connectivity index (χ4n) is 1.93. The maximum Gasteiger partial charge on any atom is 0.173 e. The number of rotatable bonds is 2. The Morgan fingerprint density at radius 2 is 2.19 bits per heavy atom. The summed E-state index contributed by atoms with van der Waals surface area (Å²) in [6.07, 6.45) is 3.36. The van der Waals surface area contributed by atoms with Crippen molar-refractivity contribution in [3.63, 3.8) is 0 Å². The third-order valence-corrected chi connectivity index (χ3v) is 3.47. The van der Waals surface area contributed by atoms with Crippen LogP contribution in [0.2, 0.25) is 0 Å². The minimum atomic E-state index is -0.243. The van der Waals surface area contributed by atoms with E-state index in [2.05, 4.69) is 15.9 Å². The Bertz CT molecular complexity index is 401. The molecule has 1 atom stereocenters. The summed E-state index contributed by atoms with van der Waals surface area (Å²) in [4.78, 5) is 11.6. The molecule has 0 amide bonds. The van der Waals surface area contributed by atoms with Crippen LogP contribution in [0.15, 0.2) is 22.7 Å². The molecule has 0 heterocycles. The summed E-state index contributed by atoms with van der Waals surface area (Å²) in [5.74, 6) is 1.00. The molecule has 1 fully saturated rings. The van der Waals surface area contributed by atoms with Crippen LogP contribution in [0.25, 0.3) is 0 Å². The first-order valence-corrected chi connectivity index (χ1v) is 6.41. The molecule has 0 N–H and O–H groups in total. The normalized spacial score (nSPS) is 20.9. The van der Waals surface area contributed by atoms with Gasteiger partial charge in [0.05, 0.1) is 4.47 Å². The van der Waals surface area contributed by atoms with Gasteiger partial charge in [0, 0.05) is 6.42 Å². The molecule has 1 aliphatic carbocycles. The first-order chi connectivity index (χ1) is 7.66. The number of ketones is 1. The molecule has 2 rings (SSSR count). The van der Waals surface area contributed by atoms with Gasteiger partial charge in [-0.05, 0) is 59.8 Å². The summed E-state index contributed by atoms with van der Waals surface area (Å²) in [5, 5.41) is 0. The van der Waals surface area contributed by atoms with Crippen LogP contribution in [0.5, 0.6) is 5.75 Å². The third kappa shape index (κ3) is 2.64. The first kappa shape index (κ1) is 11.6. The van der Waals surface area contributed by atoms with E-state index in [0.717, 1.165) is 29.5 Å². The average Bonchev–Trinajstić information content (AvgIpc) is 2.25. The molecule has 1 unspecified atom stereocenters. The molecule has 0 bridgehead atoms. The van der Waals surface area contributed by atoms with E-state index < -0.39 is 0 Å². The zero-order chi connectivity index (χ0) is 11.5. The fraction of sp³-hybridized carbons (Fsp3) is 0.462. The van der Waals surface area contributed by atoms with Crippen molar-refractivity contribution in [1.29, 1.82) is 0 Å². The summed E-state index contributed by atoms with van der Waals surface area (Å²) in [7, 11) is 0. The predicted octanol–water partition coefficient (Wildman–Crippen LogP) is 3.65. The number of ether oxygens (including phenoxy) is 1. The molecule has 16 heavy (non-hydrogen) atoms. The highest BCUT2D eigenvalue weighted by Crippen LogP contribution is 2.29. The van der Waals surface area contributed by atoms with Crippen LogP contribution >= 0.6 is 15.9 Å². The molecule has 1 aliphatic rings. The summed E-state index contributed by atoms with van der Waals surface area (Å²) in [6, 6.07) is 5.91. The summed E-state index contributed by atoms with van der Waals surface area (Å²) in [5.41, 5.74) is 1.18. The number of Topliss-reactive ketones (excluding diaryl/α,β-unsaturated/α-hetero) is 1. The smallest absolute Gasteiger partial charge is 0.173 e. The number of aryl methyl sites for hydroxylation is 1. The van der Waals surface area contributed by atoms with Gasteiger partial charge in [-0.1, -0.05) is 6.07 Å². The van der Waals surface area contributed by atoms with Crippen molar-refractivity contribution in [2.24, 2.45) is 0 Å². The van der Waals surface area contributed by atoms with Crippen LogP contribution < -0.4 is 4.74 Å². The van der Waals surface area contributed by atoms with Gasteiger partial charge in [0.1, 0.15) is 5.75 Å². The lowest BCUT2D eigenvalue weighted by atomic mass is 9.96. The molecule has 86 valence electrons. The second-order valence-corrected chi connectivity index (χ2v) is 5.11. The molecule has 1 aromatic rings. The molecule has 0 radical (unpaired) electrons. The van der Waals surface area contributed by atoms with Crippen molar-refractivity contribution >= 4 is 21.7 Å². The molecule has 3 heteroatoms. The summed E-state index contributed by atoms with van der Waals surface area (Å²) in [6.45, 7) is 2.03. The standard InChI is InChI=1S/C13H15BrO2/c1-9-6-7-12(10(14)8-9)16-13-5-3-2-4-11(13)15/h6-8,13H,2-5H2,1H3. The molecule has 1 aromatic carbocycles. The second kappa shape index (κ2) is 5.00. The van der Waals surface area contributed by atoms with Crippen molar-refractivity contribution in [2.75, 3.05) is 0 Å². The monoisotopic (exact) mass is 282 g/mol. The minimum absolute atomic E-state index is 0.235. The fourth-order valence-corrected chi connectivity index (χ4v) is 2.52. The Labute approximate surface area is 104 Å². The number of benzene rings is 1. The van der Waals surface area contributed by atoms with E-state index >= 15 is 0 Å². The molecule has 1 saturated carbocycles. The van der Waals surface area contributed by atoms with E-state index in [1.165, 1.54) is 5.56 Å². The molecule has 2 nitrogen and oxygen atoms in total. The number of carbonyl (C=O) groups is 1. The molecule has 0 aliphatic heterocycles. The van der Waals surface area contributed by atoms with Crippen molar-refractivity contribution in [2.45, 2.75) is 38.7 Å². The van der Waals surface area contributed by atoms with Crippen molar-refractivity contribution in [3.8, 4) is 5.75 Å².